The molecule has 3 heteroatoms. The maximum atomic E-state index is 12.0. The first-order valence-electron chi connectivity index (χ1n) is 5.36. The van der Waals surface area contributed by atoms with E-state index in [4.69, 9.17) is 0 Å². The molecule has 0 atom stereocenters. The molecule has 0 radical (unpaired) electrons. The fourth-order valence-corrected chi connectivity index (χ4v) is 1.86. The van der Waals surface area contributed by atoms with E-state index in [1.54, 1.807) is 4.68 Å². The predicted molar refractivity (Wildman–Crippen MR) is 65.3 cm³/mol. The molecule has 84 valence electrons. The molecule has 1 aromatic heterocycles. The van der Waals surface area contributed by atoms with Crippen molar-refractivity contribution < 1.29 is 0 Å². The summed E-state index contributed by atoms with van der Waals surface area (Å²) in [5.41, 5.74) is 4.96. The molecule has 0 saturated heterocycles. The van der Waals surface area contributed by atoms with Crippen molar-refractivity contribution in [2.45, 2.75) is 27.7 Å². The van der Waals surface area contributed by atoms with Crippen molar-refractivity contribution in [3.8, 4) is 5.69 Å². The largest absolute Gasteiger partial charge is 0.295 e. The lowest BCUT2D eigenvalue weighted by molar-refractivity contribution is 0.828. The van der Waals surface area contributed by atoms with Crippen molar-refractivity contribution in [3.63, 3.8) is 0 Å². The van der Waals surface area contributed by atoms with E-state index in [1.165, 1.54) is 5.56 Å². The van der Waals surface area contributed by atoms with Crippen LogP contribution in [0.15, 0.2) is 23.0 Å². The molecule has 1 N–H and O–H groups in total. The Bertz CT molecular complexity index is 590. The third-order valence-electron chi connectivity index (χ3n) is 2.96. The predicted octanol–water partition coefficient (Wildman–Crippen LogP) is 2.40. The van der Waals surface area contributed by atoms with Crippen LogP contribution in [0.3, 0.4) is 0 Å². The molecule has 0 spiro atoms. The van der Waals surface area contributed by atoms with Gasteiger partial charge < -0.3 is 0 Å². The third kappa shape index (κ3) is 1.58. The first-order valence-corrected chi connectivity index (χ1v) is 5.36. The molecular formula is C13H16N2O. The molecule has 0 amide bonds. The summed E-state index contributed by atoms with van der Waals surface area (Å²) in [4.78, 5) is 12.0. The monoisotopic (exact) mass is 216 g/mol. The van der Waals surface area contributed by atoms with Crippen molar-refractivity contribution in [2.75, 3.05) is 0 Å². The van der Waals surface area contributed by atoms with Crippen LogP contribution in [0.1, 0.15) is 22.4 Å². The standard InChI is InChI=1S/C13H16N2O/c1-8-5-6-12(9(2)7-8)15-13(16)10(3)11(4)14-15/h5-7,14H,1-4H3. The lowest BCUT2D eigenvalue weighted by atomic mass is 10.1. The molecule has 2 rings (SSSR count). The molecule has 3 nitrogen and oxygen atoms in total. The smallest absolute Gasteiger partial charge is 0.274 e. The van der Waals surface area contributed by atoms with Crippen LogP contribution in [-0.2, 0) is 0 Å². The van der Waals surface area contributed by atoms with Crippen LogP contribution in [0.5, 0.6) is 0 Å². The molecule has 0 saturated carbocycles. The van der Waals surface area contributed by atoms with Gasteiger partial charge in [0.1, 0.15) is 0 Å². The van der Waals surface area contributed by atoms with Crippen LogP contribution in [0.25, 0.3) is 5.69 Å². The Hall–Kier alpha value is -1.77. The number of hydrogen-bond donors (Lipinski definition) is 1. The van der Waals surface area contributed by atoms with Crippen molar-refractivity contribution >= 4 is 0 Å². The van der Waals surface area contributed by atoms with Gasteiger partial charge >= 0.3 is 0 Å². The highest BCUT2D eigenvalue weighted by Crippen LogP contribution is 2.14. The molecule has 0 aliphatic heterocycles. The number of aromatic nitrogens is 2. The van der Waals surface area contributed by atoms with Gasteiger partial charge in [-0.05, 0) is 39.3 Å². The van der Waals surface area contributed by atoms with E-state index in [1.807, 2.05) is 39.8 Å². The molecule has 0 aliphatic carbocycles. The lowest BCUT2D eigenvalue weighted by Crippen LogP contribution is -2.16. The van der Waals surface area contributed by atoms with Crippen LogP contribution < -0.4 is 5.56 Å². The van der Waals surface area contributed by atoms with E-state index in [9.17, 15) is 4.79 Å². The number of nitrogens with zero attached hydrogens (tertiary/aromatic N) is 1. The van der Waals surface area contributed by atoms with Gasteiger partial charge in [-0.25, -0.2) is 4.68 Å². The number of H-pyrrole nitrogens is 1. The van der Waals surface area contributed by atoms with Crippen LogP contribution in [-0.4, -0.2) is 9.78 Å². The summed E-state index contributed by atoms with van der Waals surface area (Å²) < 4.78 is 1.61. The lowest BCUT2D eigenvalue weighted by Gasteiger charge is -2.06. The van der Waals surface area contributed by atoms with Crippen LogP contribution >= 0.6 is 0 Å². The first-order chi connectivity index (χ1) is 7.50. The summed E-state index contributed by atoms with van der Waals surface area (Å²) in [6.07, 6.45) is 0. The second-order valence-corrected chi connectivity index (χ2v) is 4.29. The van der Waals surface area contributed by atoms with Gasteiger partial charge in [-0.1, -0.05) is 17.7 Å². The van der Waals surface area contributed by atoms with E-state index < -0.39 is 0 Å². The van der Waals surface area contributed by atoms with Crippen molar-refractivity contribution in [1.82, 2.24) is 9.78 Å². The number of hydrogen-bond acceptors (Lipinski definition) is 1. The number of aryl methyl sites for hydroxylation is 3. The summed E-state index contributed by atoms with van der Waals surface area (Å²) in [6.45, 7) is 7.82. The highest BCUT2D eigenvalue weighted by Gasteiger charge is 2.09. The van der Waals surface area contributed by atoms with Crippen molar-refractivity contribution in [1.29, 1.82) is 0 Å². The molecule has 0 unspecified atom stereocenters. The second-order valence-electron chi connectivity index (χ2n) is 4.29. The van der Waals surface area contributed by atoms with Gasteiger partial charge in [0.05, 0.1) is 5.69 Å². The molecule has 1 aromatic carbocycles. The molecule has 0 fully saturated rings. The molecule has 0 bridgehead atoms. The Balaban J connectivity index is 2.68. The average Bonchev–Trinajstić information content (AvgIpc) is 2.46. The minimum Gasteiger partial charge on any atom is -0.295 e. The van der Waals surface area contributed by atoms with E-state index in [0.717, 1.165) is 22.5 Å². The molecule has 0 aliphatic rings. The Morgan fingerprint density at radius 1 is 1.12 bits per heavy atom. The minimum atomic E-state index is 0.0319. The van der Waals surface area contributed by atoms with Crippen LogP contribution in [0.4, 0.5) is 0 Å². The quantitative estimate of drug-likeness (QED) is 0.781. The number of rotatable bonds is 1. The Kier molecular flexibility index (Phi) is 2.46. The first kappa shape index (κ1) is 10.7. The zero-order chi connectivity index (χ0) is 11.9. The van der Waals surface area contributed by atoms with Crippen molar-refractivity contribution in [3.05, 3.63) is 50.9 Å². The summed E-state index contributed by atoms with van der Waals surface area (Å²) in [5, 5.41) is 3.09. The fourth-order valence-electron chi connectivity index (χ4n) is 1.86. The van der Waals surface area contributed by atoms with Crippen LogP contribution in [0, 0.1) is 27.7 Å². The third-order valence-corrected chi connectivity index (χ3v) is 2.96. The van der Waals surface area contributed by atoms with Gasteiger partial charge in [-0.2, -0.15) is 0 Å². The molecule has 1 heterocycles. The SMILES string of the molecule is Cc1ccc(-n2[nH]c(C)c(C)c2=O)c(C)c1. The minimum absolute atomic E-state index is 0.0319. The van der Waals surface area contributed by atoms with E-state index in [0.29, 0.717) is 0 Å². The zero-order valence-electron chi connectivity index (χ0n) is 10.1. The average molecular weight is 216 g/mol. The van der Waals surface area contributed by atoms with E-state index >= 15 is 0 Å². The highest BCUT2D eigenvalue weighted by molar-refractivity contribution is 5.42. The maximum absolute atomic E-state index is 12.0. The van der Waals surface area contributed by atoms with Gasteiger partial charge in [0.25, 0.3) is 5.56 Å². The molecule has 2 aromatic rings. The Morgan fingerprint density at radius 2 is 1.81 bits per heavy atom. The Labute approximate surface area is 94.7 Å². The van der Waals surface area contributed by atoms with Gasteiger partial charge in [0.2, 0.25) is 0 Å². The Morgan fingerprint density at radius 3 is 2.31 bits per heavy atom. The van der Waals surface area contributed by atoms with Gasteiger partial charge in [-0.15, -0.1) is 0 Å². The summed E-state index contributed by atoms with van der Waals surface area (Å²) in [6, 6.07) is 6.06. The number of aromatic amines is 1. The fraction of sp³-hybridized carbons (Fsp3) is 0.308. The number of nitrogens with one attached hydrogen (secondary N) is 1. The molecular weight excluding hydrogens is 200 g/mol. The highest BCUT2D eigenvalue weighted by atomic mass is 16.1. The van der Waals surface area contributed by atoms with Gasteiger partial charge in [0.15, 0.2) is 0 Å². The second kappa shape index (κ2) is 3.67. The van der Waals surface area contributed by atoms with E-state index in [2.05, 4.69) is 11.2 Å². The number of benzene rings is 1. The van der Waals surface area contributed by atoms with Crippen LogP contribution in [0.2, 0.25) is 0 Å². The summed E-state index contributed by atoms with van der Waals surface area (Å²) in [5.74, 6) is 0. The molecule has 16 heavy (non-hydrogen) atoms. The topological polar surface area (TPSA) is 37.8 Å². The summed E-state index contributed by atoms with van der Waals surface area (Å²) >= 11 is 0. The van der Waals surface area contributed by atoms with Gasteiger partial charge in [0, 0.05) is 11.3 Å². The van der Waals surface area contributed by atoms with Crippen molar-refractivity contribution in [2.24, 2.45) is 0 Å². The summed E-state index contributed by atoms with van der Waals surface area (Å²) in [7, 11) is 0. The van der Waals surface area contributed by atoms with E-state index in [-0.39, 0.29) is 5.56 Å². The maximum Gasteiger partial charge on any atom is 0.274 e. The zero-order valence-corrected chi connectivity index (χ0v) is 10.1. The van der Waals surface area contributed by atoms with Gasteiger partial charge in [-0.3, -0.25) is 9.89 Å². The normalized spacial score (nSPS) is 10.8.